The number of aryl methyl sites for hydroxylation is 1. The third-order valence-corrected chi connectivity index (χ3v) is 3.57. The molecular weight excluding hydrogens is 216 g/mol. The Bertz CT molecular complexity index is 450. The Hall–Kier alpha value is -1.32. The molecule has 1 saturated carbocycles. The van der Waals surface area contributed by atoms with E-state index in [4.69, 9.17) is 0 Å². The SMILES string of the molecule is Cn1nc(C(C)(C)C)cc1CC1(C(=O)O)CC1. The van der Waals surface area contributed by atoms with Crippen LogP contribution in [-0.2, 0) is 23.7 Å². The number of aliphatic carboxylic acids is 1. The summed E-state index contributed by atoms with van der Waals surface area (Å²) in [5.41, 5.74) is 1.55. The molecule has 0 aromatic carbocycles. The average Bonchev–Trinajstić information content (AvgIpc) is 2.86. The Morgan fingerprint density at radius 2 is 2.12 bits per heavy atom. The van der Waals surface area contributed by atoms with Gasteiger partial charge in [0.1, 0.15) is 0 Å². The fraction of sp³-hybridized carbons (Fsp3) is 0.692. The molecule has 1 aromatic heterocycles. The zero-order chi connectivity index (χ0) is 12.8. The van der Waals surface area contributed by atoms with Crippen LogP contribution in [-0.4, -0.2) is 20.9 Å². The van der Waals surface area contributed by atoms with Crippen molar-refractivity contribution in [2.75, 3.05) is 0 Å². The number of nitrogens with zero attached hydrogens (tertiary/aromatic N) is 2. The second-order valence-corrected chi connectivity index (χ2v) is 6.16. The maximum Gasteiger partial charge on any atom is 0.310 e. The van der Waals surface area contributed by atoms with E-state index in [1.54, 1.807) is 0 Å². The zero-order valence-corrected chi connectivity index (χ0v) is 10.9. The summed E-state index contributed by atoms with van der Waals surface area (Å²) in [6, 6.07) is 2.04. The van der Waals surface area contributed by atoms with Gasteiger partial charge in [-0.2, -0.15) is 5.10 Å². The molecule has 0 amide bonds. The third kappa shape index (κ3) is 2.21. The molecule has 17 heavy (non-hydrogen) atoms. The van der Waals surface area contributed by atoms with Gasteiger partial charge in [0, 0.05) is 24.6 Å². The predicted octanol–water partition coefficient (Wildman–Crippen LogP) is 2.12. The van der Waals surface area contributed by atoms with Crippen LogP contribution in [0, 0.1) is 5.41 Å². The standard InChI is InChI=1S/C13H20N2O2/c1-12(2,3)10-7-9(15(4)14-10)8-13(5-6-13)11(16)17/h7H,5-6,8H2,1-4H3,(H,16,17). The van der Waals surface area contributed by atoms with Gasteiger partial charge >= 0.3 is 5.97 Å². The highest BCUT2D eigenvalue weighted by molar-refractivity contribution is 5.78. The topological polar surface area (TPSA) is 55.1 Å². The molecule has 2 rings (SSSR count). The third-order valence-electron chi connectivity index (χ3n) is 3.57. The summed E-state index contributed by atoms with van der Waals surface area (Å²) in [6.07, 6.45) is 2.18. The molecule has 0 unspecified atom stereocenters. The largest absolute Gasteiger partial charge is 0.481 e. The van der Waals surface area contributed by atoms with Crippen molar-refractivity contribution in [1.29, 1.82) is 0 Å². The molecule has 0 atom stereocenters. The van der Waals surface area contributed by atoms with E-state index in [2.05, 4.69) is 25.9 Å². The van der Waals surface area contributed by atoms with Crippen LogP contribution < -0.4 is 0 Å². The van der Waals surface area contributed by atoms with Crippen LogP contribution in [0.4, 0.5) is 0 Å². The first-order valence-corrected chi connectivity index (χ1v) is 6.01. The average molecular weight is 236 g/mol. The minimum Gasteiger partial charge on any atom is -0.481 e. The molecule has 1 N–H and O–H groups in total. The van der Waals surface area contributed by atoms with Gasteiger partial charge in [-0.25, -0.2) is 0 Å². The van der Waals surface area contributed by atoms with Crippen molar-refractivity contribution in [3.63, 3.8) is 0 Å². The molecule has 0 bridgehead atoms. The lowest BCUT2D eigenvalue weighted by atomic mass is 9.91. The van der Waals surface area contributed by atoms with Crippen molar-refractivity contribution in [3.05, 3.63) is 17.5 Å². The van der Waals surface area contributed by atoms with Crippen molar-refractivity contribution >= 4 is 5.97 Å². The van der Waals surface area contributed by atoms with Crippen molar-refractivity contribution in [2.24, 2.45) is 12.5 Å². The van der Waals surface area contributed by atoms with Crippen LogP contribution in [0.2, 0.25) is 0 Å². The van der Waals surface area contributed by atoms with Crippen molar-refractivity contribution in [2.45, 2.75) is 45.4 Å². The van der Waals surface area contributed by atoms with E-state index in [9.17, 15) is 9.90 Å². The van der Waals surface area contributed by atoms with E-state index in [-0.39, 0.29) is 5.41 Å². The van der Waals surface area contributed by atoms with Gasteiger partial charge in [0.15, 0.2) is 0 Å². The summed E-state index contributed by atoms with van der Waals surface area (Å²) in [5.74, 6) is -0.670. The lowest BCUT2D eigenvalue weighted by Gasteiger charge is -2.13. The molecule has 0 saturated heterocycles. The van der Waals surface area contributed by atoms with Crippen LogP contribution >= 0.6 is 0 Å². The highest BCUT2D eigenvalue weighted by Crippen LogP contribution is 2.48. The molecule has 1 aliphatic carbocycles. The number of carboxylic acid groups (broad SMARTS) is 1. The monoisotopic (exact) mass is 236 g/mol. The maximum atomic E-state index is 11.2. The first-order valence-electron chi connectivity index (χ1n) is 6.01. The first-order chi connectivity index (χ1) is 7.74. The summed E-state index contributed by atoms with van der Waals surface area (Å²) < 4.78 is 1.82. The Morgan fingerprint density at radius 1 is 1.53 bits per heavy atom. The lowest BCUT2D eigenvalue weighted by Crippen LogP contribution is -2.19. The quantitative estimate of drug-likeness (QED) is 0.874. The molecular formula is C13H20N2O2. The summed E-state index contributed by atoms with van der Waals surface area (Å²) in [5, 5.41) is 13.7. The van der Waals surface area contributed by atoms with Crippen LogP contribution in [0.15, 0.2) is 6.07 Å². The Labute approximate surface area is 102 Å². The molecule has 1 heterocycles. The minimum atomic E-state index is -0.670. The van der Waals surface area contributed by atoms with Crippen LogP contribution in [0.5, 0.6) is 0 Å². The molecule has 4 nitrogen and oxygen atoms in total. The maximum absolute atomic E-state index is 11.2. The molecule has 0 radical (unpaired) electrons. The number of hydrogen-bond donors (Lipinski definition) is 1. The molecule has 94 valence electrons. The van der Waals surface area contributed by atoms with Gasteiger partial charge in [-0.1, -0.05) is 20.8 Å². The van der Waals surface area contributed by atoms with E-state index in [1.807, 2.05) is 17.8 Å². The van der Waals surface area contributed by atoms with E-state index >= 15 is 0 Å². The summed E-state index contributed by atoms with van der Waals surface area (Å²) >= 11 is 0. The van der Waals surface area contributed by atoms with Crippen molar-refractivity contribution in [3.8, 4) is 0 Å². The van der Waals surface area contributed by atoms with Gasteiger partial charge in [0.2, 0.25) is 0 Å². The van der Waals surface area contributed by atoms with E-state index in [0.29, 0.717) is 6.42 Å². The van der Waals surface area contributed by atoms with E-state index < -0.39 is 11.4 Å². The molecule has 1 aromatic rings. The highest BCUT2D eigenvalue weighted by Gasteiger charge is 2.50. The second-order valence-electron chi connectivity index (χ2n) is 6.16. The fourth-order valence-corrected chi connectivity index (χ4v) is 2.00. The Kier molecular flexibility index (Phi) is 2.56. The van der Waals surface area contributed by atoms with E-state index in [0.717, 1.165) is 24.2 Å². The van der Waals surface area contributed by atoms with Crippen molar-refractivity contribution in [1.82, 2.24) is 9.78 Å². The fourth-order valence-electron chi connectivity index (χ4n) is 2.00. The summed E-state index contributed by atoms with van der Waals surface area (Å²) in [4.78, 5) is 11.2. The van der Waals surface area contributed by atoms with Crippen molar-refractivity contribution < 1.29 is 9.90 Å². The number of rotatable bonds is 3. The smallest absolute Gasteiger partial charge is 0.310 e. The van der Waals surface area contributed by atoms with E-state index in [1.165, 1.54) is 0 Å². The molecule has 0 spiro atoms. The Morgan fingerprint density at radius 3 is 2.47 bits per heavy atom. The van der Waals surface area contributed by atoms with Crippen LogP contribution in [0.25, 0.3) is 0 Å². The van der Waals surface area contributed by atoms with Gasteiger partial charge < -0.3 is 5.11 Å². The summed E-state index contributed by atoms with van der Waals surface area (Å²) in [7, 11) is 1.89. The molecule has 1 fully saturated rings. The number of aromatic nitrogens is 2. The zero-order valence-electron chi connectivity index (χ0n) is 10.9. The highest BCUT2D eigenvalue weighted by atomic mass is 16.4. The van der Waals surface area contributed by atoms with Gasteiger partial charge in [-0.3, -0.25) is 9.48 Å². The molecule has 4 heteroatoms. The lowest BCUT2D eigenvalue weighted by molar-refractivity contribution is -0.143. The summed E-state index contributed by atoms with van der Waals surface area (Å²) in [6.45, 7) is 6.34. The first kappa shape index (κ1) is 12.1. The number of carbonyl (C=O) groups is 1. The number of carboxylic acids is 1. The van der Waals surface area contributed by atoms with Gasteiger partial charge in [-0.15, -0.1) is 0 Å². The normalized spacial score (nSPS) is 18.1. The number of hydrogen-bond acceptors (Lipinski definition) is 2. The van der Waals surface area contributed by atoms with Gasteiger partial charge in [0.25, 0.3) is 0 Å². The predicted molar refractivity (Wildman–Crippen MR) is 64.9 cm³/mol. The molecule has 1 aliphatic rings. The van der Waals surface area contributed by atoms with Gasteiger partial charge in [-0.05, 0) is 18.9 Å². The minimum absolute atomic E-state index is 0.00987. The molecule has 0 aliphatic heterocycles. The Balaban J connectivity index is 2.23. The van der Waals surface area contributed by atoms with Crippen LogP contribution in [0.1, 0.15) is 45.0 Å². The van der Waals surface area contributed by atoms with Crippen LogP contribution in [0.3, 0.4) is 0 Å². The second kappa shape index (κ2) is 3.59. The van der Waals surface area contributed by atoms with Gasteiger partial charge in [0.05, 0.1) is 11.1 Å².